The van der Waals surface area contributed by atoms with Gasteiger partial charge in [0.1, 0.15) is 10.7 Å². The van der Waals surface area contributed by atoms with Gasteiger partial charge < -0.3 is 11.1 Å². The lowest BCUT2D eigenvalue weighted by Crippen LogP contribution is -2.29. The highest BCUT2D eigenvalue weighted by molar-refractivity contribution is 7.89. The van der Waals surface area contributed by atoms with E-state index in [0.717, 1.165) is 25.0 Å². The van der Waals surface area contributed by atoms with E-state index in [1.54, 1.807) is 0 Å². The summed E-state index contributed by atoms with van der Waals surface area (Å²) in [6, 6.07) is 3.65. The zero-order chi connectivity index (χ0) is 15.5. The Balaban J connectivity index is 1.83. The number of nitrogens with one attached hydrogen (secondary N) is 2. The van der Waals surface area contributed by atoms with Crippen LogP contribution < -0.4 is 15.8 Å². The molecule has 116 valence electrons. The highest BCUT2D eigenvalue weighted by atomic mass is 32.2. The molecular weight excluding hydrogens is 297 g/mol. The van der Waals surface area contributed by atoms with Crippen molar-refractivity contribution in [3.8, 4) is 0 Å². The molecule has 0 aromatic heterocycles. The predicted octanol–water partition coefficient (Wildman–Crippen LogP) is 0.745. The predicted molar refractivity (Wildman–Crippen MR) is 76.4 cm³/mol. The van der Waals surface area contributed by atoms with Crippen LogP contribution in [0.4, 0.5) is 10.1 Å². The van der Waals surface area contributed by atoms with Gasteiger partial charge in [0.25, 0.3) is 0 Å². The summed E-state index contributed by atoms with van der Waals surface area (Å²) < 4.78 is 39.6. The molecule has 1 aromatic rings. The van der Waals surface area contributed by atoms with E-state index >= 15 is 0 Å². The molecule has 1 amide bonds. The largest absolute Gasteiger partial charge is 0.399 e. The SMILES string of the molecule is Nc1ccc(F)c(S(=O)(=O)NCCCC(=O)NC2CC2)c1. The number of hydrogen-bond donors (Lipinski definition) is 3. The van der Waals surface area contributed by atoms with Gasteiger partial charge in [-0.15, -0.1) is 0 Å². The maximum atomic E-state index is 13.5. The van der Waals surface area contributed by atoms with Crippen LogP contribution in [-0.4, -0.2) is 26.9 Å². The van der Waals surface area contributed by atoms with Crippen molar-refractivity contribution in [1.29, 1.82) is 0 Å². The van der Waals surface area contributed by atoms with Crippen LogP contribution in [0.15, 0.2) is 23.1 Å². The zero-order valence-electron chi connectivity index (χ0n) is 11.4. The standard InChI is InChI=1S/C13H18FN3O3S/c14-11-6-3-9(15)8-12(11)21(19,20)16-7-1-2-13(18)17-10-4-5-10/h3,6,8,10,16H,1-2,4-5,7,15H2,(H,17,18). The van der Waals surface area contributed by atoms with Gasteiger partial charge in [0, 0.05) is 24.7 Å². The number of hydrogen-bond acceptors (Lipinski definition) is 4. The number of carbonyl (C=O) groups excluding carboxylic acids is 1. The third-order valence-corrected chi connectivity index (χ3v) is 4.54. The second-order valence-electron chi connectivity index (χ2n) is 5.03. The monoisotopic (exact) mass is 315 g/mol. The summed E-state index contributed by atoms with van der Waals surface area (Å²) in [5.74, 6) is -0.949. The lowest BCUT2D eigenvalue weighted by molar-refractivity contribution is -0.121. The Hall–Kier alpha value is -1.67. The van der Waals surface area contributed by atoms with Crippen LogP contribution >= 0.6 is 0 Å². The molecule has 0 atom stereocenters. The minimum Gasteiger partial charge on any atom is -0.399 e. The van der Waals surface area contributed by atoms with Gasteiger partial charge in [-0.2, -0.15) is 0 Å². The van der Waals surface area contributed by atoms with E-state index in [9.17, 15) is 17.6 Å². The van der Waals surface area contributed by atoms with Gasteiger partial charge >= 0.3 is 0 Å². The number of carbonyl (C=O) groups is 1. The molecule has 0 unspecified atom stereocenters. The van der Waals surface area contributed by atoms with Crippen LogP contribution in [-0.2, 0) is 14.8 Å². The molecule has 0 aliphatic heterocycles. The van der Waals surface area contributed by atoms with Crippen molar-refractivity contribution >= 4 is 21.6 Å². The molecule has 0 saturated heterocycles. The smallest absolute Gasteiger partial charge is 0.243 e. The molecule has 2 rings (SSSR count). The fourth-order valence-corrected chi connectivity index (χ4v) is 2.97. The van der Waals surface area contributed by atoms with Crippen LogP contribution in [0, 0.1) is 5.82 Å². The van der Waals surface area contributed by atoms with E-state index in [-0.39, 0.29) is 30.6 Å². The first-order chi connectivity index (χ1) is 9.88. The molecule has 8 heteroatoms. The van der Waals surface area contributed by atoms with Gasteiger partial charge in [-0.25, -0.2) is 17.5 Å². The van der Waals surface area contributed by atoms with Crippen molar-refractivity contribution in [3.05, 3.63) is 24.0 Å². The minimum absolute atomic E-state index is 0.0641. The summed E-state index contributed by atoms with van der Waals surface area (Å²) in [6.07, 6.45) is 2.60. The van der Waals surface area contributed by atoms with E-state index in [1.165, 1.54) is 6.07 Å². The van der Waals surface area contributed by atoms with Gasteiger partial charge in [-0.05, 0) is 37.5 Å². The Morgan fingerprint density at radius 3 is 2.76 bits per heavy atom. The molecule has 6 nitrogen and oxygen atoms in total. The molecule has 1 aliphatic rings. The maximum Gasteiger partial charge on any atom is 0.243 e. The van der Waals surface area contributed by atoms with Crippen LogP contribution in [0.2, 0.25) is 0 Å². The molecule has 0 radical (unpaired) electrons. The van der Waals surface area contributed by atoms with Crippen molar-refractivity contribution in [2.75, 3.05) is 12.3 Å². The second-order valence-corrected chi connectivity index (χ2v) is 6.77. The van der Waals surface area contributed by atoms with Crippen LogP contribution in [0.1, 0.15) is 25.7 Å². The molecule has 0 spiro atoms. The number of nitrogen functional groups attached to an aromatic ring is 1. The van der Waals surface area contributed by atoms with Gasteiger partial charge in [0.15, 0.2) is 0 Å². The van der Waals surface area contributed by atoms with Crippen molar-refractivity contribution in [1.82, 2.24) is 10.0 Å². The third kappa shape index (κ3) is 4.68. The Kier molecular flexibility index (Phi) is 4.79. The number of nitrogens with two attached hydrogens (primary N) is 1. The van der Waals surface area contributed by atoms with Crippen molar-refractivity contribution in [3.63, 3.8) is 0 Å². The van der Waals surface area contributed by atoms with Crippen LogP contribution in [0.25, 0.3) is 0 Å². The van der Waals surface area contributed by atoms with Gasteiger partial charge in [-0.3, -0.25) is 4.79 Å². The van der Waals surface area contributed by atoms with Gasteiger partial charge in [-0.1, -0.05) is 0 Å². The molecule has 1 saturated carbocycles. The molecule has 1 aromatic carbocycles. The minimum atomic E-state index is -3.96. The van der Waals surface area contributed by atoms with E-state index < -0.39 is 20.7 Å². The Morgan fingerprint density at radius 2 is 2.10 bits per heavy atom. The second kappa shape index (κ2) is 6.40. The topological polar surface area (TPSA) is 101 Å². The zero-order valence-corrected chi connectivity index (χ0v) is 12.2. The summed E-state index contributed by atoms with van der Waals surface area (Å²) in [5, 5.41) is 2.81. The first-order valence-electron chi connectivity index (χ1n) is 6.72. The number of rotatable bonds is 7. The maximum absolute atomic E-state index is 13.5. The molecule has 4 N–H and O–H groups in total. The summed E-state index contributed by atoms with van der Waals surface area (Å²) in [6.45, 7) is 0.0641. The highest BCUT2D eigenvalue weighted by Crippen LogP contribution is 2.19. The first kappa shape index (κ1) is 15.7. The molecule has 21 heavy (non-hydrogen) atoms. The van der Waals surface area contributed by atoms with Crippen molar-refractivity contribution < 1.29 is 17.6 Å². The Bertz CT molecular complexity index is 630. The molecular formula is C13H18FN3O3S. The lowest BCUT2D eigenvalue weighted by atomic mass is 10.3. The van der Waals surface area contributed by atoms with Crippen LogP contribution in [0.3, 0.4) is 0 Å². The highest BCUT2D eigenvalue weighted by Gasteiger charge is 2.23. The molecule has 0 heterocycles. The molecule has 1 aliphatic carbocycles. The number of anilines is 1. The number of amides is 1. The molecule has 0 bridgehead atoms. The average molecular weight is 315 g/mol. The van der Waals surface area contributed by atoms with E-state index in [2.05, 4.69) is 10.0 Å². The summed E-state index contributed by atoms with van der Waals surface area (Å²) in [4.78, 5) is 10.9. The fraction of sp³-hybridized carbons (Fsp3) is 0.462. The van der Waals surface area contributed by atoms with Crippen LogP contribution in [0.5, 0.6) is 0 Å². The Morgan fingerprint density at radius 1 is 1.38 bits per heavy atom. The van der Waals surface area contributed by atoms with E-state index in [0.29, 0.717) is 6.42 Å². The summed E-state index contributed by atoms with van der Waals surface area (Å²) in [7, 11) is -3.96. The van der Waals surface area contributed by atoms with Crippen molar-refractivity contribution in [2.24, 2.45) is 0 Å². The van der Waals surface area contributed by atoms with E-state index in [1.807, 2.05) is 0 Å². The molecule has 1 fully saturated rings. The quantitative estimate of drug-likeness (QED) is 0.510. The average Bonchev–Trinajstić information content (AvgIpc) is 3.21. The third-order valence-electron chi connectivity index (χ3n) is 3.06. The summed E-state index contributed by atoms with van der Waals surface area (Å²) >= 11 is 0. The lowest BCUT2D eigenvalue weighted by Gasteiger charge is -2.08. The van der Waals surface area contributed by atoms with Gasteiger partial charge in [0.05, 0.1) is 0 Å². The number of halogens is 1. The number of sulfonamides is 1. The summed E-state index contributed by atoms with van der Waals surface area (Å²) in [5.41, 5.74) is 5.63. The first-order valence-corrected chi connectivity index (χ1v) is 8.21. The number of benzene rings is 1. The van der Waals surface area contributed by atoms with Gasteiger partial charge in [0.2, 0.25) is 15.9 Å². The van der Waals surface area contributed by atoms with E-state index in [4.69, 9.17) is 5.73 Å². The Labute approximate surface area is 123 Å². The normalized spacial score (nSPS) is 14.9. The van der Waals surface area contributed by atoms with Crippen molar-refractivity contribution in [2.45, 2.75) is 36.6 Å². The fourth-order valence-electron chi connectivity index (χ4n) is 1.79.